The number of pyridine rings is 1. The van der Waals surface area contributed by atoms with Gasteiger partial charge in [-0.2, -0.15) is 13.2 Å². The van der Waals surface area contributed by atoms with E-state index >= 15 is 0 Å². The van der Waals surface area contributed by atoms with Gasteiger partial charge in [0, 0.05) is 24.7 Å². The summed E-state index contributed by atoms with van der Waals surface area (Å²) < 4.78 is 36.6. The second-order valence-electron chi connectivity index (χ2n) is 5.29. The number of alkyl halides is 3. The first-order valence-electron chi connectivity index (χ1n) is 7.91. The van der Waals surface area contributed by atoms with Crippen LogP contribution in [0.3, 0.4) is 0 Å². The molecule has 0 spiro atoms. The maximum atomic E-state index is 12.2. The van der Waals surface area contributed by atoms with E-state index in [0.29, 0.717) is 25.5 Å². The molecule has 0 saturated heterocycles. The summed E-state index contributed by atoms with van der Waals surface area (Å²) in [5, 5.41) is 7.08. The van der Waals surface area contributed by atoms with Crippen molar-refractivity contribution in [2.24, 2.45) is 4.99 Å². The third kappa shape index (κ3) is 5.72. The van der Waals surface area contributed by atoms with E-state index in [2.05, 4.69) is 20.6 Å². The van der Waals surface area contributed by atoms with E-state index in [1.54, 1.807) is 6.20 Å². The Balaban J connectivity index is 1.93. The van der Waals surface area contributed by atoms with Crippen LogP contribution in [-0.2, 0) is 6.42 Å². The fourth-order valence-corrected chi connectivity index (χ4v) is 2.32. The minimum Gasteiger partial charge on any atom is -0.357 e. The number of guanidine groups is 1. The van der Waals surface area contributed by atoms with Crippen molar-refractivity contribution in [3.63, 3.8) is 0 Å². The maximum Gasteiger partial charge on any atom is 0.390 e. The van der Waals surface area contributed by atoms with E-state index in [1.165, 1.54) is 0 Å². The van der Waals surface area contributed by atoms with Crippen LogP contribution in [0.4, 0.5) is 13.2 Å². The van der Waals surface area contributed by atoms with Crippen LogP contribution in [-0.4, -0.2) is 36.8 Å². The minimum absolute atomic E-state index is 0.283. The molecule has 2 aromatic rings. The van der Waals surface area contributed by atoms with Gasteiger partial charge in [-0.15, -0.1) is 0 Å². The summed E-state index contributed by atoms with van der Waals surface area (Å²) in [6.07, 6.45) is -2.65. The fourth-order valence-electron chi connectivity index (χ4n) is 2.32. The van der Waals surface area contributed by atoms with Gasteiger partial charge >= 0.3 is 6.18 Å². The Bertz CT molecular complexity index is 678. The standard InChI is InChI=1S/C17H21F3N4/c1-2-21-16(24-12-9-17(18,19)20)23-11-8-14-6-3-5-13-7-4-10-22-15(13)14/h3-7,10H,2,8-9,11-12H2,1H3,(H2,21,23,24). The predicted octanol–water partition coefficient (Wildman–Crippen LogP) is 3.28. The molecule has 1 heterocycles. The summed E-state index contributed by atoms with van der Waals surface area (Å²) in [4.78, 5) is 8.34. The van der Waals surface area contributed by atoms with Crippen LogP contribution in [0.15, 0.2) is 41.5 Å². The maximum absolute atomic E-state index is 12.2. The Labute approximate surface area is 139 Å². The van der Waals surface area contributed by atoms with Crippen molar-refractivity contribution in [1.29, 1.82) is 0 Å². The number of hydrogen-bond donors (Lipinski definition) is 2. The highest BCUT2D eigenvalue weighted by Gasteiger charge is 2.26. The number of rotatable bonds is 6. The molecule has 130 valence electrons. The predicted molar refractivity (Wildman–Crippen MR) is 90.1 cm³/mol. The molecule has 2 N–H and O–H groups in total. The van der Waals surface area contributed by atoms with Crippen molar-refractivity contribution in [3.05, 3.63) is 42.1 Å². The van der Waals surface area contributed by atoms with Gasteiger partial charge in [0.05, 0.1) is 18.5 Å². The zero-order valence-electron chi connectivity index (χ0n) is 13.5. The number of aromatic nitrogens is 1. The summed E-state index contributed by atoms with van der Waals surface area (Å²) in [5.41, 5.74) is 2.03. The van der Waals surface area contributed by atoms with Gasteiger partial charge in [0.1, 0.15) is 0 Å². The topological polar surface area (TPSA) is 49.3 Å². The van der Waals surface area contributed by atoms with Gasteiger partial charge in [0.25, 0.3) is 0 Å². The third-order valence-electron chi connectivity index (χ3n) is 3.41. The molecule has 0 aliphatic heterocycles. The Morgan fingerprint density at radius 3 is 2.71 bits per heavy atom. The number of nitrogens with one attached hydrogen (secondary N) is 2. The molecule has 0 unspecified atom stereocenters. The van der Waals surface area contributed by atoms with E-state index in [4.69, 9.17) is 0 Å². The molecule has 0 bridgehead atoms. The number of aliphatic imine (C=N–C) groups is 1. The first kappa shape index (κ1) is 18.0. The van der Waals surface area contributed by atoms with Crippen LogP contribution in [0.5, 0.6) is 0 Å². The van der Waals surface area contributed by atoms with E-state index in [1.807, 2.05) is 37.3 Å². The van der Waals surface area contributed by atoms with Gasteiger partial charge in [0.15, 0.2) is 5.96 Å². The number of nitrogens with zero attached hydrogens (tertiary/aromatic N) is 2. The van der Waals surface area contributed by atoms with Gasteiger partial charge in [0.2, 0.25) is 0 Å². The van der Waals surface area contributed by atoms with Gasteiger partial charge in [-0.1, -0.05) is 24.3 Å². The van der Waals surface area contributed by atoms with Crippen molar-refractivity contribution in [2.45, 2.75) is 25.9 Å². The number of halogens is 3. The van der Waals surface area contributed by atoms with Gasteiger partial charge in [-0.25, -0.2) is 0 Å². The van der Waals surface area contributed by atoms with Crippen molar-refractivity contribution in [2.75, 3.05) is 19.6 Å². The van der Waals surface area contributed by atoms with E-state index in [9.17, 15) is 13.2 Å². The second kappa shape index (κ2) is 8.52. The van der Waals surface area contributed by atoms with Gasteiger partial charge in [-0.05, 0) is 25.0 Å². The number of hydrogen-bond acceptors (Lipinski definition) is 2. The largest absolute Gasteiger partial charge is 0.390 e. The summed E-state index contributed by atoms with van der Waals surface area (Å²) >= 11 is 0. The Hall–Kier alpha value is -2.31. The molecule has 0 aliphatic rings. The highest BCUT2D eigenvalue weighted by atomic mass is 19.4. The van der Waals surface area contributed by atoms with Crippen LogP contribution in [0.1, 0.15) is 18.9 Å². The second-order valence-corrected chi connectivity index (χ2v) is 5.29. The quantitative estimate of drug-likeness (QED) is 0.628. The Morgan fingerprint density at radius 2 is 1.96 bits per heavy atom. The van der Waals surface area contributed by atoms with Crippen molar-refractivity contribution >= 4 is 16.9 Å². The third-order valence-corrected chi connectivity index (χ3v) is 3.41. The molecule has 0 saturated carbocycles. The van der Waals surface area contributed by atoms with E-state index in [-0.39, 0.29) is 6.54 Å². The monoisotopic (exact) mass is 338 g/mol. The molecule has 0 atom stereocenters. The van der Waals surface area contributed by atoms with Crippen LogP contribution in [0.2, 0.25) is 0 Å². The molecular formula is C17H21F3N4. The Morgan fingerprint density at radius 1 is 1.17 bits per heavy atom. The molecule has 24 heavy (non-hydrogen) atoms. The SMILES string of the molecule is CCNC(=NCCC(F)(F)F)NCCc1cccc2cccnc12. The number of benzene rings is 1. The lowest BCUT2D eigenvalue weighted by Crippen LogP contribution is -2.38. The van der Waals surface area contributed by atoms with E-state index in [0.717, 1.165) is 16.5 Å². The summed E-state index contributed by atoms with van der Waals surface area (Å²) in [7, 11) is 0. The fraction of sp³-hybridized carbons (Fsp3) is 0.412. The lowest BCUT2D eigenvalue weighted by Gasteiger charge is -2.12. The molecule has 1 aromatic heterocycles. The van der Waals surface area contributed by atoms with Gasteiger partial charge < -0.3 is 10.6 Å². The summed E-state index contributed by atoms with van der Waals surface area (Å²) in [6, 6.07) is 9.87. The number of fused-ring (bicyclic) bond motifs is 1. The first-order chi connectivity index (χ1) is 11.5. The van der Waals surface area contributed by atoms with Crippen molar-refractivity contribution in [3.8, 4) is 0 Å². The summed E-state index contributed by atoms with van der Waals surface area (Å²) in [6.45, 7) is 2.74. The minimum atomic E-state index is -4.19. The van der Waals surface area contributed by atoms with Crippen LogP contribution in [0, 0.1) is 0 Å². The van der Waals surface area contributed by atoms with Gasteiger partial charge in [-0.3, -0.25) is 9.98 Å². The van der Waals surface area contributed by atoms with Crippen LogP contribution >= 0.6 is 0 Å². The van der Waals surface area contributed by atoms with E-state index < -0.39 is 12.6 Å². The first-order valence-corrected chi connectivity index (χ1v) is 7.91. The zero-order chi connectivity index (χ0) is 17.4. The number of para-hydroxylation sites is 1. The van der Waals surface area contributed by atoms with Crippen molar-refractivity contribution in [1.82, 2.24) is 15.6 Å². The Kier molecular flexibility index (Phi) is 6.40. The smallest absolute Gasteiger partial charge is 0.357 e. The normalized spacial score (nSPS) is 12.4. The lowest BCUT2D eigenvalue weighted by molar-refractivity contribution is -0.132. The molecular weight excluding hydrogens is 317 g/mol. The molecule has 7 heteroatoms. The molecule has 0 radical (unpaired) electrons. The average Bonchev–Trinajstić information content (AvgIpc) is 2.54. The lowest BCUT2D eigenvalue weighted by atomic mass is 10.1. The highest BCUT2D eigenvalue weighted by molar-refractivity contribution is 5.82. The van der Waals surface area contributed by atoms with Crippen molar-refractivity contribution < 1.29 is 13.2 Å². The molecule has 0 amide bonds. The highest BCUT2D eigenvalue weighted by Crippen LogP contribution is 2.19. The van der Waals surface area contributed by atoms with Crippen LogP contribution < -0.4 is 10.6 Å². The molecule has 2 rings (SSSR count). The molecule has 0 fully saturated rings. The average molecular weight is 338 g/mol. The molecule has 1 aromatic carbocycles. The zero-order valence-corrected chi connectivity index (χ0v) is 13.5. The molecule has 0 aliphatic carbocycles. The summed E-state index contributed by atoms with van der Waals surface area (Å²) in [5.74, 6) is 0.398. The molecule has 4 nitrogen and oxygen atoms in total. The van der Waals surface area contributed by atoms with Crippen LogP contribution in [0.25, 0.3) is 10.9 Å².